The average Bonchev–Trinajstić information content (AvgIpc) is 3.30. The zero-order valence-corrected chi connectivity index (χ0v) is 16.3. The number of ether oxygens (including phenoxy) is 1. The summed E-state index contributed by atoms with van der Waals surface area (Å²) >= 11 is 0. The first-order valence-corrected chi connectivity index (χ1v) is 10.3. The lowest BCUT2D eigenvalue weighted by atomic mass is 10.2. The summed E-state index contributed by atoms with van der Waals surface area (Å²) in [6, 6.07) is 21.5. The lowest BCUT2D eigenvalue weighted by Crippen LogP contribution is -2.14. The third-order valence-electron chi connectivity index (χ3n) is 4.12. The highest BCUT2D eigenvalue weighted by molar-refractivity contribution is 7.92. The number of hydrogen-bond acceptors (Lipinski definition) is 6. The van der Waals surface area contributed by atoms with E-state index in [-0.39, 0.29) is 10.5 Å². The van der Waals surface area contributed by atoms with Crippen LogP contribution in [-0.4, -0.2) is 23.2 Å². The summed E-state index contributed by atoms with van der Waals surface area (Å²) in [7, 11) is -3.89. The van der Waals surface area contributed by atoms with E-state index in [9.17, 15) is 8.42 Å². The van der Waals surface area contributed by atoms with Crippen LogP contribution in [-0.2, 0) is 10.0 Å². The van der Waals surface area contributed by atoms with Gasteiger partial charge in [-0.3, -0.25) is 4.72 Å². The Morgan fingerprint density at radius 3 is 2.30 bits per heavy atom. The zero-order chi connectivity index (χ0) is 21.0. The highest BCUT2D eigenvalue weighted by atomic mass is 32.2. The van der Waals surface area contributed by atoms with Crippen molar-refractivity contribution in [1.82, 2.24) is 14.8 Å². The third kappa shape index (κ3) is 4.14. The molecule has 0 saturated heterocycles. The Labute approximate surface area is 173 Å². The Kier molecular flexibility index (Phi) is 5.15. The first-order chi connectivity index (χ1) is 14.5. The van der Waals surface area contributed by atoms with E-state index in [0.717, 1.165) is 0 Å². The Morgan fingerprint density at radius 1 is 0.900 bits per heavy atom. The van der Waals surface area contributed by atoms with Crippen LogP contribution in [0.4, 0.5) is 5.69 Å². The lowest BCUT2D eigenvalue weighted by Gasteiger charge is -2.10. The number of nitrogens with one attached hydrogen (secondary N) is 1. The van der Waals surface area contributed by atoms with Crippen molar-refractivity contribution in [2.45, 2.75) is 4.90 Å². The van der Waals surface area contributed by atoms with Crippen molar-refractivity contribution >= 4 is 15.7 Å². The molecule has 9 heteroatoms. The Morgan fingerprint density at radius 2 is 1.63 bits per heavy atom. The Hall–Kier alpha value is -4.16. The first-order valence-electron chi connectivity index (χ1n) is 8.82. The highest BCUT2D eigenvalue weighted by Crippen LogP contribution is 2.24. The largest absolute Gasteiger partial charge is 0.438 e. The van der Waals surface area contributed by atoms with Gasteiger partial charge >= 0.3 is 0 Å². The molecule has 0 fully saturated rings. The van der Waals surface area contributed by atoms with Gasteiger partial charge in [-0.05, 0) is 54.6 Å². The van der Waals surface area contributed by atoms with Gasteiger partial charge in [-0.25, -0.2) is 8.42 Å². The van der Waals surface area contributed by atoms with Crippen molar-refractivity contribution < 1.29 is 13.2 Å². The molecule has 0 aliphatic heterocycles. The van der Waals surface area contributed by atoms with Gasteiger partial charge in [0.1, 0.15) is 16.7 Å². The smallest absolute Gasteiger partial charge is 0.263 e. The van der Waals surface area contributed by atoms with Gasteiger partial charge in [0.2, 0.25) is 5.88 Å². The maximum Gasteiger partial charge on any atom is 0.263 e. The SMILES string of the molecule is N#Cc1ccccc1S(=O)(=O)Nc1ccc(Oc2ccc(-n3cccc3)nn2)cc1. The van der Waals surface area contributed by atoms with Crippen LogP contribution in [0.2, 0.25) is 0 Å². The number of sulfonamides is 1. The Bertz CT molecular complexity index is 1290. The number of nitrogens with zero attached hydrogens (tertiary/aromatic N) is 4. The molecule has 0 aliphatic rings. The van der Waals surface area contributed by atoms with Crippen molar-refractivity contribution in [1.29, 1.82) is 5.26 Å². The molecule has 30 heavy (non-hydrogen) atoms. The molecule has 2 aromatic carbocycles. The predicted octanol–water partition coefficient (Wildman–Crippen LogP) is 3.73. The van der Waals surface area contributed by atoms with Crippen LogP contribution in [0.3, 0.4) is 0 Å². The zero-order valence-electron chi connectivity index (χ0n) is 15.5. The van der Waals surface area contributed by atoms with E-state index >= 15 is 0 Å². The molecule has 0 spiro atoms. The number of hydrogen-bond donors (Lipinski definition) is 1. The summed E-state index contributed by atoms with van der Waals surface area (Å²) in [5, 5.41) is 17.3. The summed E-state index contributed by atoms with van der Waals surface area (Å²) in [6.07, 6.45) is 3.72. The number of benzene rings is 2. The monoisotopic (exact) mass is 417 g/mol. The fourth-order valence-corrected chi connectivity index (χ4v) is 3.92. The van der Waals surface area contributed by atoms with Gasteiger partial charge in [0.25, 0.3) is 10.0 Å². The molecule has 0 amide bonds. The topological polar surface area (TPSA) is 110 Å². The molecular formula is C21H15N5O3S. The molecular weight excluding hydrogens is 402 g/mol. The van der Waals surface area contributed by atoms with Crippen molar-refractivity contribution in [2.24, 2.45) is 0 Å². The standard InChI is InChI=1S/C21H15N5O3S/c22-15-16-5-1-2-6-19(16)30(27,28)25-17-7-9-18(10-8-17)29-21-12-11-20(23-24-21)26-13-3-4-14-26/h1-14,25H. The van der Waals surface area contributed by atoms with Crippen molar-refractivity contribution in [3.63, 3.8) is 0 Å². The van der Waals surface area contributed by atoms with Crippen LogP contribution >= 0.6 is 0 Å². The molecule has 0 unspecified atom stereocenters. The van der Waals surface area contributed by atoms with Gasteiger partial charge in [0, 0.05) is 24.1 Å². The highest BCUT2D eigenvalue weighted by Gasteiger charge is 2.18. The molecule has 0 radical (unpaired) electrons. The maximum absolute atomic E-state index is 12.6. The second kappa shape index (κ2) is 8.06. The minimum atomic E-state index is -3.89. The predicted molar refractivity (Wildman–Crippen MR) is 110 cm³/mol. The van der Waals surface area contributed by atoms with Crippen molar-refractivity contribution in [2.75, 3.05) is 4.72 Å². The van der Waals surface area contributed by atoms with Gasteiger partial charge in [-0.2, -0.15) is 5.26 Å². The molecule has 0 atom stereocenters. The quantitative estimate of drug-likeness (QED) is 0.512. The number of nitriles is 1. The fourth-order valence-electron chi connectivity index (χ4n) is 2.71. The van der Waals surface area contributed by atoms with E-state index in [1.54, 1.807) is 48.5 Å². The molecule has 1 N–H and O–H groups in total. The normalized spacial score (nSPS) is 10.9. The van der Waals surface area contributed by atoms with E-state index in [0.29, 0.717) is 23.1 Å². The minimum Gasteiger partial charge on any atom is -0.438 e. The van der Waals surface area contributed by atoms with Crippen LogP contribution in [0.5, 0.6) is 11.6 Å². The van der Waals surface area contributed by atoms with Gasteiger partial charge in [0.05, 0.1) is 5.56 Å². The van der Waals surface area contributed by atoms with Crippen LogP contribution < -0.4 is 9.46 Å². The van der Waals surface area contributed by atoms with Gasteiger partial charge in [-0.1, -0.05) is 12.1 Å². The molecule has 4 aromatic rings. The van der Waals surface area contributed by atoms with Gasteiger partial charge in [0.15, 0.2) is 5.82 Å². The minimum absolute atomic E-state index is 0.0758. The van der Waals surface area contributed by atoms with Crippen LogP contribution in [0, 0.1) is 11.3 Å². The summed E-state index contributed by atoms with van der Waals surface area (Å²) < 4.78 is 35.1. The molecule has 2 heterocycles. The van der Waals surface area contributed by atoms with Gasteiger partial charge in [-0.15, -0.1) is 10.2 Å². The number of rotatable bonds is 6. The van der Waals surface area contributed by atoms with Crippen LogP contribution in [0.25, 0.3) is 5.82 Å². The molecule has 4 rings (SSSR count). The van der Waals surface area contributed by atoms with Gasteiger partial charge < -0.3 is 9.30 Å². The number of anilines is 1. The molecule has 0 bridgehead atoms. The second-order valence-corrected chi connectivity index (χ2v) is 7.81. The average molecular weight is 417 g/mol. The molecule has 0 aliphatic carbocycles. The summed E-state index contributed by atoms with van der Waals surface area (Å²) in [4.78, 5) is -0.0779. The van der Waals surface area contributed by atoms with Crippen LogP contribution in [0.1, 0.15) is 5.56 Å². The molecule has 8 nitrogen and oxygen atoms in total. The lowest BCUT2D eigenvalue weighted by molar-refractivity contribution is 0.454. The molecule has 0 saturated carbocycles. The third-order valence-corrected chi connectivity index (χ3v) is 5.56. The summed E-state index contributed by atoms with van der Waals surface area (Å²) in [6.45, 7) is 0. The summed E-state index contributed by atoms with van der Waals surface area (Å²) in [5.74, 6) is 1.44. The van der Waals surface area contributed by atoms with Crippen molar-refractivity contribution in [3.8, 4) is 23.5 Å². The van der Waals surface area contributed by atoms with E-state index in [4.69, 9.17) is 10.00 Å². The summed E-state index contributed by atoms with van der Waals surface area (Å²) in [5.41, 5.74) is 0.413. The molecule has 2 aromatic heterocycles. The van der Waals surface area contributed by atoms with Crippen molar-refractivity contribution in [3.05, 3.63) is 90.8 Å². The first kappa shape index (κ1) is 19.2. The number of aromatic nitrogens is 3. The van der Waals surface area contributed by atoms with Crippen LogP contribution in [0.15, 0.2) is 90.1 Å². The maximum atomic E-state index is 12.6. The second-order valence-electron chi connectivity index (χ2n) is 6.16. The van der Waals surface area contributed by atoms with E-state index in [1.165, 1.54) is 12.1 Å². The molecule has 148 valence electrons. The van der Waals surface area contributed by atoms with E-state index < -0.39 is 10.0 Å². The van der Waals surface area contributed by atoms with E-state index in [2.05, 4.69) is 14.9 Å². The Balaban J connectivity index is 1.46. The fraction of sp³-hybridized carbons (Fsp3) is 0. The van der Waals surface area contributed by atoms with E-state index in [1.807, 2.05) is 35.2 Å².